The fourth-order valence-corrected chi connectivity index (χ4v) is 1.37. The van der Waals surface area contributed by atoms with Gasteiger partial charge in [0.05, 0.1) is 0 Å². The smallest absolute Gasteiger partial charge is 0.172 e. The number of hydrogen-bond donors (Lipinski definition) is 1. The Labute approximate surface area is 99.6 Å². The molecule has 0 saturated heterocycles. The Balaban J connectivity index is 1.96. The van der Waals surface area contributed by atoms with Crippen LogP contribution in [0.2, 0.25) is 0 Å². The van der Waals surface area contributed by atoms with Crippen molar-refractivity contribution in [3.8, 4) is 18.1 Å². The van der Waals surface area contributed by atoms with Crippen LogP contribution in [0.4, 0.5) is 0 Å². The number of benzene rings is 1. The van der Waals surface area contributed by atoms with Gasteiger partial charge in [-0.15, -0.1) is 6.42 Å². The molecule has 1 aromatic heterocycles. The van der Waals surface area contributed by atoms with E-state index in [9.17, 15) is 5.11 Å². The van der Waals surface area contributed by atoms with Crippen LogP contribution in [-0.2, 0) is 6.61 Å². The molecule has 3 heteroatoms. The lowest BCUT2D eigenvalue weighted by Crippen LogP contribution is -1.94. The van der Waals surface area contributed by atoms with Crippen LogP contribution in [0.5, 0.6) is 5.75 Å². The maximum absolute atomic E-state index is 9.36. The van der Waals surface area contributed by atoms with E-state index in [1.807, 2.05) is 30.3 Å². The number of aliphatic hydroxyl groups excluding tert-OH is 1. The highest BCUT2D eigenvalue weighted by atomic mass is 16.5. The Morgan fingerprint density at radius 2 is 2.00 bits per heavy atom. The predicted octanol–water partition coefficient (Wildman–Crippen LogP) is 2.53. The molecular formula is C14H12O3. The van der Waals surface area contributed by atoms with Crippen LogP contribution in [-0.4, -0.2) is 5.11 Å². The first kappa shape index (κ1) is 11.3. The minimum absolute atomic E-state index is 0.307. The molecule has 0 radical (unpaired) electrons. The van der Waals surface area contributed by atoms with Gasteiger partial charge in [-0.1, -0.05) is 24.1 Å². The maximum Gasteiger partial charge on any atom is 0.172 e. The standard InChI is InChI=1S/C14H12O3/c1-2-13(15)14-9-8-12(17-14)10-16-11-6-4-3-5-7-11/h1,3-9,13,15H,10H2. The number of para-hydroxylation sites is 1. The van der Waals surface area contributed by atoms with E-state index in [4.69, 9.17) is 15.6 Å². The molecule has 1 unspecified atom stereocenters. The molecule has 1 atom stereocenters. The van der Waals surface area contributed by atoms with Gasteiger partial charge in [0.25, 0.3) is 0 Å². The number of rotatable bonds is 4. The van der Waals surface area contributed by atoms with Crippen molar-refractivity contribution in [3.05, 3.63) is 54.0 Å². The lowest BCUT2D eigenvalue weighted by Gasteiger charge is -2.03. The van der Waals surface area contributed by atoms with Gasteiger partial charge in [-0.25, -0.2) is 0 Å². The topological polar surface area (TPSA) is 42.6 Å². The minimum atomic E-state index is -1.000. The van der Waals surface area contributed by atoms with E-state index in [-0.39, 0.29) is 0 Å². The molecule has 2 rings (SSSR count). The van der Waals surface area contributed by atoms with Crippen molar-refractivity contribution < 1.29 is 14.3 Å². The zero-order valence-electron chi connectivity index (χ0n) is 9.17. The summed E-state index contributed by atoms with van der Waals surface area (Å²) in [7, 11) is 0. The molecule has 0 saturated carbocycles. The lowest BCUT2D eigenvalue weighted by atomic mass is 10.3. The van der Waals surface area contributed by atoms with Crippen LogP contribution >= 0.6 is 0 Å². The summed E-state index contributed by atoms with van der Waals surface area (Å²) in [5, 5.41) is 9.36. The highest BCUT2D eigenvalue weighted by Crippen LogP contribution is 2.17. The second kappa shape index (κ2) is 5.24. The first-order chi connectivity index (χ1) is 8.29. The lowest BCUT2D eigenvalue weighted by molar-refractivity contribution is 0.194. The Bertz CT molecular complexity index is 508. The summed E-state index contributed by atoms with van der Waals surface area (Å²) < 4.78 is 10.8. The van der Waals surface area contributed by atoms with Gasteiger partial charge < -0.3 is 14.3 Å². The molecule has 1 aromatic carbocycles. The van der Waals surface area contributed by atoms with Crippen molar-refractivity contribution in [2.24, 2.45) is 0 Å². The first-order valence-corrected chi connectivity index (χ1v) is 5.20. The van der Waals surface area contributed by atoms with Crippen LogP contribution < -0.4 is 4.74 Å². The number of ether oxygens (including phenoxy) is 1. The largest absolute Gasteiger partial charge is 0.486 e. The second-order valence-corrected chi connectivity index (χ2v) is 3.48. The normalized spacial score (nSPS) is 11.8. The zero-order chi connectivity index (χ0) is 12.1. The Kier molecular flexibility index (Phi) is 3.49. The number of terminal acetylenes is 1. The van der Waals surface area contributed by atoms with E-state index in [0.29, 0.717) is 18.1 Å². The fourth-order valence-electron chi connectivity index (χ4n) is 1.37. The van der Waals surface area contributed by atoms with Gasteiger partial charge in [-0.05, 0) is 24.3 Å². The SMILES string of the molecule is C#CC(O)c1ccc(COc2ccccc2)o1. The van der Waals surface area contributed by atoms with Gasteiger partial charge in [0.2, 0.25) is 0 Å². The average Bonchev–Trinajstić information content (AvgIpc) is 2.85. The van der Waals surface area contributed by atoms with E-state index in [1.54, 1.807) is 12.1 Å². The molecule has 0 amide bonds. The third kappa shape index (κ3) is 2.90. The van der Waals surface area contributed by atoms with Crippen molar-refractivity contribution in [3.63, 3.8) is 0 Å². The van der Waals surface area contributed by atoms with Crippen molar-refractivity contribution >= 4 is 0 Å². The van der Waals surface area contributed by atoms with Gasteiger partial charge in [0.1, 0.15) is 23.9 Å². The molecule has 0 aliphatic carbocycles. The predicted molar refractivity (Wildman–Crippen MR) is 63.3 cm³/mol. The molecule has 0 aliphatic heterocycles. The van der Waals surface area contributed by atoms with Crippen molar-refractivity contribution in [2.45, 2.75) is 12.7 Å². The monoisotopic (exact) mass is 228 g/mol. The zero-order valence-corrected chi connectivity index (χ0v) is 9.17. The quantitative estimate of drug-likeness (QED) is 0.818. The molecule has 0 aliphatic rings. The highest BCUT2D eigenvalue weighted by molar-refractivity contribution is 5.21. The van der Waals surface area contributed by atoms with Crippen LogP contribution in [0.25, 0.3) is 0 Å². The molecule has 0 fully saturated rings. The molecular weight excluding hydrogens is 216 g/mol. The van der Waals surface area contributed by atoms with Gasteiger partial charge in [0.15, 0.2) is 6.10 Å². The third-order valence-corrected chi connectivity index (χ3v) is 2.23. The van der Waals surface area contributed by atoms with Gasteiger partial charge >= 0.3 is 0 Å². The molecule has 86 valence electrons. The van der Waals surface area contributed by atoms with E-state index < -0.39 is 6.10 Å². The molecule has 1 heterocycles. The molecule has 0 bridgehead atoms. The summed E-state index contributed by atoms with van der Waals surface area (Å²) >= 11 is 0. The molecule has 2 aromatic rings. The molecule has 3 nitrogen and oxygen atoms in total. The summed E-state index contributed by atoms with van der Waals surface area (Å²) in [6.07, 6.45) is 4.09. The van der Waals surface area contributed by atoms with Crippen molar-refractivity contribution in [1.29, 1.82) is 0 Å². The van der Waals surface area contributed by atoms with Gasteiger partial charge in [-0.3, -0.25) is 0 Å². The number of hydrogen-bond acceptors (Lipinski definition) is 3. The Hall–Kier alpha value is -2.18. The summed E-state index contributed by atoms with van der Waals surface area (Å²) in [4.78, 5) is 0. The molecule has 0 spiro atoms. The van der Waals surface area contributed by atoms with Crippen molar-refractivity contribution in [1.82, 2.24) is 0 Å². The van der Waals surface area contributed by atoms with Crippen LogP contribution in [0.15, 0.2) is 46.9 Å². The first-order valence-electron chi connectivity index (χ1n) is 5.20. The van der Waals surface area contributed by atoms with Crippen LogP contribution in [0, 0.1) is 12.3 Å². The number of furan rings is 1. The highest BCUT2D eigenvalue weighted by Gasteiger charge is 2.09. The van der Waals surface area contributed by atoms with E-state index in [0.717, 1.165) is 5.75 Å². The Morgan fingerprint density at radius 1 is 1.24 bits per heavy atom. The summed E-state index contributed by atoms with van der Waals surface area (Å²) in [6.45, 7) is 0.307. The summed E-state index contributed by atoms with van der Waals surface area (Å²) in [5.74, 6) is 3.94. The van der Waals surface area contributed by atoms with E-state index >= 15 is 0 Å². The maximum atomic E-state index is 9.36. The minimum Gasteiger partial charge on any atom is -0.486 e. The molecule has 17 heavy (non-hydrogen) atoms. The number of aliphatic hydroxyl groups is 1. The van der Waals surface area contributed by atoms with Crippen LogP contribution in [0.1, 0.15) is 17.6 Å². The molecule has 1 N–H and O–H groups in total. The fraction of sp³-hybridized carbons (Fsp3) is 0.143. The third-order valence-electron chi connectivity index (χ3n) is 2.23. The second-order valence-electron chi connectivity index (χ2n) is 3.48. The Morgan fingerprint density at radius 3 is 2.71 bits per heavy atom. The van der Waals surface area contributed by atoms with Gasteiger partial charge in [0, 0.05) is 0 Å². The van der Waals surface area contributed by atoms with E-state index in [1.165, 1.54) is 0 Å². The summed E-state index contributed by atoms with van der Waals surface area (Å²) in [6, 6.07) is 12.8. The van der Waals surface area contributed by atoms with E-state index in [2.05, 4.69) is 5.92 Å². The summed E-state index contributed by atoms with van der Waals surface area (Å²) in [5.41, 5.74) is 0. The van der Waals surface area contributed by atoms with Gasteiger partial charge in [-0.2, -0.15) is 0 Å². The van der Waals surface area contributed by atoms with Crippen molar-refractivity contribution in [2.75, 3.05) is 0 Å². The average molecular weight is 228 g/mol. The van der Waals surface area contributed by atoms with Crippen LogP contribution in [0.3, 0.4) is 0 Å².